The molecule has 0 heterocycles. The minimum Gasteiger partial charge on any atom is -0.516 e. The molecule has 0 bridgehead atoms. The first-order chi connectivity index (χ1) is 5.85. The predicted molar refractivity (Wildman–Crippen MR) is 51.7 cm³/mol. The summed E-state index contributed by atoms with van der Waals surface area (Å²) in [6.45, 7) is 5.89. The van der Waals surface area contributed by atoms with Crippen LogP contribution < -0.4 is 5.73 Å². The fourth-order valence-corrected chi connectivity index (χ4v) is 0.812. The fourth-order valence-electron chi connectivity index (χ4n) is 0.812. The van der Waals surface area contributed by atoms with Crippen molar-refractivity contribution in [2.45, 2.75) is 0 Å². The molecule has 0 aromatic carbocycles. The van der Waals surface area contributed by atoms with Crippen LogP contribution in [0.25, 0.3) is 0 Å². The molecule has 0 fully saturated rings. The number of rotatable bonds is 6. The number of nitrogens with two attached hydrogens (primary N) is 1. The fraction of sp³-hybridized carbons (Fsp3) is 0.333. The van der Waals surface area contributed by atoms with Gasteiger partial charge in [-0.3, -0.25) is 4.90 Å². The summed E-state index contributed by atoms with van der Waals surface area (Å²) in [6.07, 6.45) is 7.90. The SMILES string of the molecule is C=CCN(CC=CN)CC=CO. The van der Waals surface area contributed by atoms with Crippen molar-refractivity contribution in [2.75, 3.05) is 19.6 Å². The van der Waals surface area contributed by atoms with Crippen LogP contribution in [0.3, 0.4) is 0 Å². The molecule has 0 rings (SSSR count). The third-order valence-electron chi connectivity index (χ3n) is 1.36. The zero-order valence-corrected chi connectivity index (χ0v) is 7.19. The third kappa shape index (κ3) is 5.56. The van der Waals surface area contributed by atoms with E-state index < -0.39 is 0 Å². The van der Waals surface area contributed by atoms with Gasteiger partial charge < -0.3 is 10.8 Å². The molecule has 3 heteroatoms. The van der Waals surface area contributed by atoms with Crippen LogP contribution in [0.2, 0.25) is 0 Å². The van der Waals surface area contributed by atoms with Gasteiger partial charge in [0.15, 0.2) is 0 Å². The lowest BCUT2D eigenvalue weighted by Crippen LogP contribution is -2.24. The molecule has 0 atom stereocenters. The van der Waals surface area contributed by atoms with Crippen LogP contribution in [0.15, 0.2) is 37.3 Å². The van der Waals surface area contributed by atoms with Gasteiger partial charge in [-0.15, -0.1) is 6.58 Å². The lowest BCUT2D eigenvalue weighted by Gasteiger charge is -2.15. The Bertz CT molecular complexity index is 150. The smallest absolute Gasteiger partial charge is 0.0764 e. The summed E-state index contributed by atoms with van der Waals surface area (Å²) < 4.78 is 0. The van der Waals surface area contributed by atoms with E-state index in [2.05, 4.69) is 11.5 Å². The number of aliphatic hydroxyl groups is 1. The van der Waals surface area contributed by atoms with Crippen molar-refractivity contribution in [3.8, 4) is 0 Å². The highest BCUT2D eigenvalue weighted by atomic mass is 16.2. The zero-order chi connectivity index (χ0) is 9.23. The van der Waals surface area contributed by atoms with Gasteiger partial charge >= 0.3 is 0 Å². The molecule has 0 radical (unpaired) electrons. The largest absolute Gasteiger partial charge is 0.516 e. The molecule has 0 aliphatic rings. The van der Waals surface area contributed by atoms with Gasteiger partial charge in [-0.2, -0.15) is 0 Å². The summed E-state index contributed by atoms with van der Waals surface area (Å²) in [7, 11) is 0. The van der Waals surface area contributed by atoms with Crippen LogP contribution in [-0.2, 0) is 0 Å². The Balaban J connectivity index is 3.76. The van der Waals surface area contributed by atoms with Gasteiger partial charge in [0, 0.05) is 19.6 Å². The molecular formula is C9H16N2O. The first-order valence-corrected chi connectivity index (χ1v) is 3.84. The van der Waals surface area contributed by atoms with Gasteiger partial charge in [-0.05, 0) is 12.3 Å². The number of nitrogens with zero attached hydrogens (tertiary/aromatic N) is 1. The third-order valence-corrected chi connectivity index (χ3v) is 1.36. The molecule has 0 aromatic rings. The summed E-state index contributed by atoms with van der Waals surface area (Å²) in [5.74, 6) is 0. The van der Waals surface area contributed by atoms with E-state index in [-0.39, 0.29) is 0 Å². The van der Waals surface area contributed by atoms with E-state index in [1.165, 1.54) is 6.20 Å². The van der Waals surface area contributed by atoms with Crippen LogP contribution in [0.5, 0.6) is 0 Å². The summed E-state index contributed by atoms with van der Waals surface area (Å²) in [4.78, 5) is 2.07. The Kier molecular flexibility index (Phi) is 7.08. The van der Waals surface area contributed by atoms with Gasteiger partial charge in [-0.1, -0.05) is 12.2 Å². The Labute approximate surface area is 73.5 Å². The molecule has 0 unspecified atom stereocenters. The van der Waals surface area contributed by atoms with E-state index >= 15 is 0 Å². The second-order valence-corrected chi connectivity index (χ2v) is 2.32. The van der Waals surface area contributed by atoms with Crippen molar-refractivity contribution in [1.29, 1.82) is 0 Å². The van der Waals surface area contributed by atoms with Crippen molar-refractivity contribution in [3.05, 3.63) is 37.3 Å². The maximum Gasteiger partial charge on any atom is 0.0764 e. The number of hydrogen-bond acceptors (Lipinski definition) is 3. The van der Waals surface area contributed by atoms with E-state index in [4.69, 9.17) is 10.8 Å². The van der Waals surface area contributed by atoms with Gasteiger partial charge in [0.25, 0.3) is 0 Å². The van der Waals surface area contributed by atoms with Crippen LogP contribution in [0.4, 0.5) is 0 Å². The maximum atomic E-state index is 8.43. The summed E-state index contributed by atoms with van der Waals surface area (Å²) in [6, 6.07) is 0. The maximum absolute atomic E-state index is 8.43. The Hall–Kier alpha value is -1.22. The van der Waals surface area contributed by atoms with E-state index in [1.807, 2.05) is 12.2 Å². The molecule has 0 aromatic heterocycles. The summed E-state index contributed by atoms with van der Waals surface area (Å²) >= 11 is 0. The standard InChI is InChI=1S/C9H16N2O/c1-2-6-11(7-3-5-10)8-4-9-12/h2-5,9,12H,1,6-8,10H2. The minimum atomic E-state index is 0.701. The molecule has 0 amide bonds. The monoisotopic (exact) mass is 168 g/mol. The van der Waals surface area contributed by atoms with E-state index in [0.29, 0.717) is 6.54 Å². The van der Waals surface area contributed by atoms with Crippen molar-refractivity contribution in [3.63, 3.8) is 0 Å². The predicted octanol–water partition coefficient (Wildman–Crippen LogP) is 1.02. The molecule has 3 N–H and O–H groups in total. The Morgan fingerprint density at radius 1 is 1.25 bits per heavy atom. The van der Waals surface area contributed by atoms with Crippen molar-refractivity contribution in [1.82, 2.24) is 4.90 Å². The molecule has 68 valence electrons. The Morgan fingerprint density at radius 3 is 2.42 bits per heavy atom. The molecule has 0 aliphatic heterocycles. The summed E-state index contributed by atoms with van der Waals surface area (Å²) in [5, 5.41) is 8.43. The minimum absolute atomic E-state index is 0.701. The first kappa shape index (κ1) is 10.8. The first-order valence-electron chi connectivity index (χ1n) is 3.84. The molecule has 0 saturated heterocycles. The Morgan fingerprint density at radius 2 is 1.92 bits per heavy atom. The van der Waals surface area contributed by atoms with Crippen molar-refractivity contribution >= 4 is 0 Å². The highest BCUT2D eigenvalue weighted by Crippen LogP contribution is 1.89. The lowest BCUT2D eigenvalue weighted by atomic mass is 10.4. The highest BCUT2D eigenvalue weighted by molar-refractivity contribution is 4.87. The molecule has 0 spiro atoms. The molecular weight excluding hydrogens is 152 g/mol. The topological polar surface area (TPSA) is 49.5 Å². The van der Waals surface area contributed by atoms with Crippen molar-refractivity contribution < 1.29 is 5.11 Å². The van der Waals surface area contributed by atoms with Gasteiger partial charge in [0.2, 0.25) is 0 Å². The van der Waals surface area contributed by atoms with Crippen LogP contribution >= 0.6 is 0 Å². The van der Waals surface area contributed by atoms with Crippen LogP contribution in [-0.4, -0.2) is 29.6 Å². The number of aliphatic hydroxyl groups excluding tert-OH is 1. The average molecular weight is 168 g/mol. The molecule has 0 saturated carbocycles. The normalized spacial score (nSPS) is 11.8. The van der Waals surface area contributed by atoms with E-state index in [0.717, 1.165) is 19.4 Å². The lowest BCUT2D eigenvalue weighted by molar-refractivity contribution is 0.366. The quantitative estimate of drug-likeness (QED) is 0.460. The molecule has 3 nitrogen and oxygen atoms in total. The van der Waals surface area contributed by atoms with E-state index in [9.17, 15) is 0 Å². The number of hydrogen-bond donors (Lipinski definition) is 2. The highest BCUT2D eigenvalue weighted by Gasteiger charge is 1.95. The molecule has 0 aliphatic carbocycles. The van der Waals surface area contributed by atoms with Gasteiger partial charge in [0.1, 0.15) is 0 Å². The summed E-state index contributed by atoms with van der Waals surface area (Å²) in [5.41, 5.74) is 5.20. The van der Waals surface area contributed by atoms with Gasteiger partial charge in [-0.25, -0.2) is 0 Å². The van der Waals surface area contributed by atoms with E-state index in [1.54, 1.807) is 6.08 Å². The average Bonchev–Trinajstić information content (AvgIpc) is 2.10. The van der Waals surface area contributed by atoms with Crippen LogP contribution in [0.1, 0.15) is 0 Å². The van der Waals surface area contributed by atoms with Crippen LogP contribution in [0, 0.1) is 0 Å². The zero-order valence-electron chi connectivity index (χ0n) is 7.19. The molecule has 12 heavy (non-hydrogen) atoms. The second-order valence-electron chi connectivity index (χ2n) is 2.32. The van der Waals surface area contributed by atoms with Gasteiger partial charge in [0.05, 0.1) is 6.26 Å². The van der Waals surface area contributed by atoms with Crippen molar-refractivity contribution in [2.24, 2.45) is 5.73 Å². The second kappa shape index (κ2) is 7.88.